The summed E-state index contributed by atoms with van der Waals surface area (Å²) in [5.41, 5.74) is 1.08. The molecule has 0 atom stereocenters. The number of rotatable bonds is 4. The van der Waals surface area contributed by atoms with E-state index in [4.69, 9.17) is 23.2 Å². The number of fused-ring (bicyclic) bond motifs is 1. The number of nitrogens with one attached hydrogen (secondary N) is 1. The molecule has 0 aliphatic carbocycles. The summed E-state index contributed by atoms with van der Waals surface area (Å²) in [6, 6.07) is 8.73. The highest BCUT2D eigenvalue weighted by atomic mass is 35.5. The molecule has 3 aromatic rings. The van der Waals surface area contributed by atoms with Gasteiger partial charge in [-0.3, -0.25) is 9.78 Å². The molecule has 1 fully saturated rings. The zero-order valence-corrected chi connectivity index (χ0v) is 17.7. The van der Waals surface area contributed by atoms with Gasteiger partial charge >= 0.3 is 0 Å². The maximum absolute atomic E-state index is 12.8. The average Bonchev–Trinajstić information content (AvgIpc) is 2.72. The highest BCUT2D eigenvalue weighted by Crippen LogP contribution is 2.33. The molecule has 150 valence electrons. The molecule has 1 amide bonds. The lowest BCUT2D eigenvalue weighted by atomic mass is 10.1. The summed E-state index contributed by atoms with van der Waals surface area (Å²) in [4.78, 5) is 23.8. The van der Waals surface area contributed by atoms with E-state index in [-0.39, 0.29) is 18.0 Å². The van der Waals surface area contributed by atoms with Gasteiger partial charge in [-0.05, 0) is 35.9 Å². The van der Waals surface area contributed by atoms with Gasteiger partial charge in [-0.25, -0.2) is 4.98 Å². The zero-order valence-electron chi connectivity index (χ0n) is 15.4. The van der Waals surface area contributed by atoms with Gasteiger partial charge < -0.3 is 15.3 Å². The molecule has 3 heterocycles. The van der Waals surface area contributed by atoms with Crippen LogP contribution in [0.15, 0.2) is 36.5 Å². The Morgan fingerprint density at radius 2 is 1.93 bits per heavy atom. The van der Waals surface area contributed by atoms with Crippen molar-refractivity contribution < 1.29 is 9.90 Å². The third kappa shape index (κ3) is 4.37. The number of pyridine rings is 2. The quantitative estimate of drug-likeness (QED) is 0.624. The molecule has 1 aliphatic rings. The highest BCUT2D eigenvalue weighted by Gasteiger charge is 2.23. The standard InChI is InChI=1S/C20H18Cl2N4O2S/c21-13-8-12(9-14(22)10-13)11-24-20(28)17-18(27)16-15(2-1-3-23-16)19(25-17)26-4-6-29-7-5-26/h1-3,8-10,27H,4-7,11H2,(H,24,28). The summed E-state index contributed by atoms with van der Waals surface area (Å²) < 4.78 is 0. The van der Waals surface area contributed by atoms with E-state index in [0.717, 1.165) is 35.5 Å². The topological polar surface area (TPSA) is 78.4 Å². The van der Waals surface area contributed by atoms with Gasteiger partial charge in [-0.15, -0.1) is 0 Å². The third-order valence-electron chi connectivity index (χ3n) is 4.62. The van der Waals surface area contributed by atoms with Gasteiger partial charge in [-0.2, -0.15) is 11.8 Å². The molecule has 0 unspecified atom stereocenters. The molecule has 1 aromatic carbocycles. The molecule has 4 rings (SSSR count). The van der Waals surface area contributed by atoms with Crippen LogP contribution in [0.4, 0.5) is 5.82 Å². The summed E-state index contributed by atoms with van der Waals surface area (Å²) in [6.45, 7) is 1.86. The fourth-order valence-electron chi connectivity index (χ4n) is 3.26. The predicted molar refractivity (Wildman–Crippen MR) is 118 cm³/mol. The van der Waals surface area contributed by atoms with E-state index in [1.54, 1.807) is 30.5 Å². The molecule has 2 N–H and O–H groups in total. The second-order valence-electron chi connectivity index (χ2n) is 6.59. The molecule has 1 saturated heterocycles. The van der Waals surface area contributed by atoms with Crippen LogP contribution in [0.25, 0.3) is 10.9 Å². The Morgan fingerprint density at radius 1 is 1.21 bits per heavy atom. The Morgan fingerprint density at radius 3 is 2.66 bits per heavy atom. The molecule has 2 aromatic heterocycles. The van der Waals surface area contributed by atoms with E-state index in [2.05, 4.69) is 20.2 Å². The first-order valence-corrected chi connectivity index (χ1v) is 11.0. The summed E-state index contributed by atoms with van der Waals surface area (Å²) in [5.74, 6) is 1.93. The van der Waals surface area contributed by atoms with Gasteiger partial charge in [0.15, 0.2) is 11.4 Å². The Balaban J connectivity index is 1.67. The van der Waals surface area contributed by atoms with Crippen molar-refractivity contribution in [2.45, 2.75) is 6.54 Å². The van der Waals surface area contributed by atoms with E-state index >= 15 is 0 Å². The van der Waals surface area contributed by atoms with Gasteiger partial charge in [0.25, 0.3) is 5.91 Å². The second kappa shape index (κ2) is 8.65. The number of amides is 1. The first kappa shape index (κ1) is 20.1. The van der Waals surface area contributed by atoms with Crippen molar-refractivity contribution in [1.82, 2.24) is 15.3 Å². The van der Waals surface area contributed by atoms with Gasteiger partial charge in [0.2, 0.25) is 0 Å². The van der Waals surface area contributed by atoms with Crippen LogP contribution in [0.5, 0.6) is 5.75 Å². The molecule has 0 bridgehead atoms. The number of carbonyl (C=O) groups is 1. The summed E-state index contributed by atoms with van der Waals surface area (Å²) >= 11 is 13.9. The predicted octanol–water partition coefficient (Wildman–Crippen LogP) is 4.13. The van der Waals surface area contributed by atoms with Crippen molar-refractivity contribution >= 4 is 57.6 Å². The van der Waals surface area contributed by atoms with E-state index in [9.17, 15) is 9.90 Å². The first-order valence-electron chi connectivity index (χ1n) is 9.06. The lowest BCUT2D eigenvalue weighted by Crippen LogP contribution is -2.34. The van der Waals surface area contributed by atoms with E-state index in [0.29, 0.717) is 21.4 Å². The molecule has 1 aliphatic heterocycles. The van der Waals surface area contributed by atoms with Crippen molar-refractivity contribution in [2.75, 3.05) is 29.5 Å². The number of anilines is 1. The van der Waals surface area contributed by atoms with E-state index < -0.39 is 5.91 Å². The zero-order chi connectivity index (χ0) is 20.4. The van der Waals surface area contributed by atoms with Crippen LogP contribution in [0.3, 0.4) is 0 Å². The van der Waals surface area contributed by atoms with Gasteiger partial charge in [-0.1, -0.05) is 23.2 Å². The second-order valence-corrected chi connectivity index (χ2v) is 8.69. The van der Waals surface area contributed by atoms with Crippen LogP contribution in [-0.4, -0.2) is 45.6 Å². The largest absolute Gasteiger partial charge is 0.504 e. The van der Waals surface area contributed by atoms with Crippen LogP contribution < -0.4 is 10.2 Å². The lowest BCUT2D eigenvalue weighted by molar-refractivity contribution is 0.0943. The maximum Gasteiger partial charge on any atom is 0.274 e. The molecular formula is C20H18Cl2N4O2S. The van der Waals surface area contributed by atoms with Crippen LogP contribution in [0, 0.1) is 0 Å². The smallest absolute Gasteiger partial charge is 0.274 e. The number of hydrogen-bond acceptors (Lipinski definition) is 6. The van der Waals surface area contributed by atoms with Crippen LogP contribution in [0.2, 0.25) is 10.0 Å². The van der Waals surface area contributed by atoms with Crippen molar-refractivity contribution in [1.29, 1.82) is 0 Å². The number of benzene rings is 1. The first-order chi connectivity index (χ1) is 14.0. The van der Waals surface area contributed by atoms with Gasteiger partial charge in [0.1, 0.15) is 11.3 Å². The Labute approximate surface area is 182 Å². The monoisotopic (exact) mass is 448 g/mol. The molecule has 29 heavy (non-hydrogen) atoms. The van der Waals surface area contributed by atoms with Crippen molar-refractivity contribution in [3.8, 4) is 5.75 Å². The van der Waals surface area contributed by atoms with Crippen molar-refractivity contribution in [3.63, 3.8) is 0 Å². The lowest BCUT2D eigenvalue weighted by Gasteiger charge is -2.28. The molecular weight excluding hydrogens is 431 g/mol. The minimum Gasteiger partial charge on any atom is -0.504 e. The van der Waals surface area contributed by atoms with Gasteiger partial charge in [0.05, 0.1) is 0 Å². The Kier molecular flexibility index (Phi) is 5.99. The summed E-state index contributed by atoms with van der Waals surface area (Å²) in [5, 5.41) is 15.2. The van der Waals surface area contributed by atoms with Crippen LogP contribution in [-0.2, 0) is 6.54 Å². The SMILES string of the molecule is O=C(NCc1cc(Cl)cc(Cl)c1)c1nc(N2CCSCC2)c2cccnc2c1O. The normalized spacial score (nSPS) is 14.2. The fraction of sp³-hybridized carbons (Fsp3) is 0.250. The minimum absolute atomic E-state index is 0.0439. The minimum atomic E-state index is -0.487. The summed E-state index contributed by atoms with van der Waals surface area (Å²) in [6.07, 6.45) is 1.59. The maximum atomic E-state index is 12.8. The fourth-order valence-corrected chi connectivity index (χ4v) is 4.73. The molecule has 0 saturated carbocycles. The Hall–Kier alpha value is -2.22. The molecule has 6 nitrogen and oxygen atoms in total. The van der Waals surface area contributed by atoms with E-state index in [1.165, 1.54) is 0 Å². The molecule has 0 radical (unpaired) electrons. The van der Waals surface area contributed by atoms with Gasteiger partial charge in [0, 0.05) is 52.8 Å². The number of thioether (sulfide) groups is 1. The number of aromatic hydroxyl groups is 1. The van der Waals surface area contributed by atoms with Crippen molar-refractivity contribution in [3.05, 3.63) is 57.8 Å². The number of carbonyl (C=O) groups excluding carboxylic acids is 1. The summed E-state index contributed by atoms with van der Waals surface area (Å²) in [7, 11) is 0. The van der Waals surface area contributed by atoms with Crippen LogP contribution in [0.1, 0.15) is 16.1 Å². The Bertz CT molecular complexity index is 1050. The number of halogens is 2. The number of hydrogen-bond donors (Lipinski definition) is 2. The third-order valence-corrected chi connectivity index (χ3v) is 5.99. The molecule has 9 heteroatoms. The number of aromatic nitrogens is 2. The van der Waals surface area contributed by atoms with Crippen LogP contribution >= 0.6 is 35.0 Å². The highest BCUT2D eigenvalue weighted by molar-refractivity contribution is 7.99. The number of nitrogens with zero attached hydrogens (tertiary/aromatic N) is 3. The molecule has 0 spiro atoms. The average molecular weight is 449 g/mol. The van der Waals surface area contributed by atoms with E-state index in [1.807, 2.05) is 17.8 Å². The van der Waals surface area contributed by atoms with Crippen molar-refractivity contribution in [2.24, 2.45) is 0 Å².